The molecule has 1 heterocycles. The number of hydrogen-bond acceptors (Lipinski definition) is 8. The Bertz CT molecular complexity index is 831. The molecule has 1 amide bonds. The topological polar surface area (TPSA) is 108 Å². The summed E-state index contributed by atoms with van der Waals surface area (Å²) in [5.74, 6) is -0.568. The van der Waals surface area contributed by atoms with E-state index >= 15 is 0 Å². The van der Waals surface area contributed by atoms with Crippen molar-refractivity contribution in [1.29, 1.82) is 0 Å². The lowest BCUT2D eigenvalue weighted by Crippen LogP contribution is -2.23. The van der Waals surface area contributed by atoms with Crippen LogP contribution in [0.4, 0.5) is 5.00 Å². The predicted octanol–water partition coefficient (Wildman–Crippen LogP) is 2.94. The standard InChI is InChI=1S/C20H25NO7S/c1-10-16(19(24)26-2)18(29-17(10)20(25)27-3)21-14(22)9-28-15(23)8-13-7-11-4-5-12(13)6-11/h11-13H,4-9H2,1-3H3,(H,21,22)/t11-,12+,13-/m0/s1. The Morgan fingerprint density at radius 3 is 2.38 bits per heavy atom. The van der Waals surface area contributed by atoms with Gasteiger partial charge in [-0.2, -0.15) is 0 Å². The second-order valence-electron chi connectivity index (χ2n) is 7.59. The van der Waals surface area contributed by atoms with E-state index in [4.69, 9.17) is 14.2 Å². The molecule has 1 aromatic rings. The van der Waals surface area contributed by atoms with Crippen molar-refractivity contribution in [2.24, 2.45) is 17.8 Å². The van der Waals surface area contributed by atoms with Gasteiger partial charge in [-0.1, -0.05) is 6.42 Å². The highest BCUT2D eigenvalue weighted by atomic mass is 32.1. The minimum absolute atomic E-state index is 0.0829. The first-order valence-corrected chi connectivity index (χ1v) is 10.4. The molecule has 158 valence electrons. The van der Waals surface area contributed by atoms with Gasteiger partial charge in [0.25, 0.3) is 5.91 Å². The molecule has 0 unspecified atom stereocenters. The van der Waals surface area contributed by atoms with Crippen LogP contribution in [-0.4, -0.2) is 44.6 Å². The number of esters is 3. The van der Waals surface area contributed by atoms with E-state index < -0.39 is 24.5 Å². The number of amides is 1. The fourth-order valence-corrected chi connectivity index (χ4v) is 5.57. The third-order valence-electron chi connectivity index (χ3n) is 5.84. The van der Waals surface area contributed by atoms with E-state index in [-0.39, 0.29) is 21.4 Å². The Balaban J connectivity index is 1.58. The normalized spacial score (nSPS) is 22.2. The molecule has 2 aliphatic carbocycles. The van der Waals surface area contributed by atoms with Crippen LogP contribution in [0.2, 0.25) is 0 Å². The highest BCUT2D eigenvalue weighted by Gasteiger charge is 2.40. The number of hydrogen-bond donors (Lipinski definition) is 1. The third-order valence-corrected chi connectivity index (χ3v) is 7.02. The Hall–Kier alpha value is -2.42. The van der Waals surface area contributed by atoms with Crippen LogP contribution in [0, 0.1) is 24.7 Å². The number of rotatable bonds is 7. The minimum Gasteiger partial charge on any atom is -0.465 e. The molecule has 3 atom stereocenters. The van der Waals surface area contributed by atoms with Gasteiger partial charge < -0.3 is 19.5 Å². The molecule has 29 heavy (non-hydrogen) atoms. The van der Waals surface area contributed by atoms with Gasteiger partial charge in [-0.25, -0.2) is 9.59 Å². The van der Waals surface area contributed by atoms with Gasteiger partial charge in [0.2, 0.25) is 0 Å². The van der Waals surface area contributed by atoms with Crippen LogP contribution >= 0.6 is 11.3 Å². The zero-order valence-electron chi connectivity index (χ0n) is 16.7. The van der Waals surface area contributed by atoms with Gasteiger partial charge >= 0.3 is 17.9 Å². The second kappa shape index (κ2) is 8.94. The van der Waals surface area contributed by atoms with Crippen molar-refractivity contribution in [3.8, 4) is 0 Å². The quantitative estimate of drug-likeness (QED) is 0.531. The Morgan fingerprint density at radius 1 is 1.07 bits per heavy atom. The van der Waals surface area contributed by atoms with E-state index in [0.29, 0.717) is 23.8 Å². The van der Waals surface area contributed by atoms with Crippen molar-refractivity contribution in [3.05, 3.63) is 16.0 Å². The molecular formula is C20H25NO7S. The van der Waals surface area contributed by atoms with Crippen LogP contribution < -0.4 is 5.32 Å². The third kappa shape index (κ3) is 4.60. The number of carbonyl (C=O) groups excluding carboxylic acids is 4. The maximum absolute atomic E-state index is 12.3. The maximum Gasteiger partial charge on any atom is 0.348 e. The van der Waals surface area contributed by atoms with Gasteiger partial charge in [0.1, 0.15) is 9.88 Å². The van der Waals surface area contributed by atoms with Crippen LogP contribution in [0.15, 0.2) is 0 Å². The molecule has 2 bridgehead atoms. The number of carbonyl (C=O) groups is 4. The Kier molecular flexibility index (Phi) is 6.56. The monoisotopic (exact) mass is 423 g/mol. The molecule has 2 aliphatic rings. The van der Waals surface area contributed by atoms with E-state index in [1.165, 1.54) is 33.5 Å². The first-order chi connectivity index (χ1) is 13.8. The first-order valence-electron chi connectivity index (χ1n) is 9.59. The van der Waals surface area contributed by atoms with Crippen LogP contribution in [0.3, 0.4) is 0 Å². The number of methoxy groups -OCH3 is 2. The Labute approximate surface area is 172 Å². The van der Waals surface area contributed by atoms with Crippen molar-refractivity contribution in [1.82, 2.24) is 0 Å². The van der Waals surface area contributed by atoms with E-state index in [1.807, 2.05) is 0 Å². The van der Waals surface area contributed by atoms with Crippen molar-refractivity contribution >= 4 is 40.2 Å². The summed E-state index contributed by atoms with van der Waals surface area (Å²) in [4.78, 5) is 48.5. The van der Waals surface area contributed by atoms with Gasteiger partial charge in [-0.05, 0) is 49.5 Å². The smallest absolute Gasteiger partial charge is 0.348 e. The zero-order valence-corrected chi connectivity index (χ0v) is 17.6. The van der Waals surface area contributed by atoms with Crippen molar-refractivity contribution in [2.75, 3.05) is 26.1 Å². The molecule has 8 nitrogen and oxygen atoms in total. The molecule has 1 aromatic heterocycles. The molecule has 0 aromatic carbocycles. The summed E-state index contributed by atoms with van der Waals surface area (Å²) in [7, 11) is 2.44. The zero-order chi connectivity index (χ0) is 21.1. The van der Waals surface area contributed by atoms with Gasteiger partial charge in [0.15, 0.2) is 6.61 Å². The number of fused-ring (bicyclic) bond motifs is 2. The number of thiophene rings is 1. The van der Waals surface area contributed by atoms with Gasteiger partial charge in [0.05, 0.1) is 19.8 Å². The molecule has 0 radical (unpaired) electrons. The number of nitrogens with one attached hydrogen (secondary N) is 1. The lowest BCUT2D eigenvalue weighted by molar-refractivity contribution is -0.148. The second-order valence-corrected chi connectivity index (χ2v) is 8.61. The van der Waals surface area contributed by atoms with Crippen molar-refractivity contribution in [2.45, 2.75) is 39.0 Å². The average Bonchev–Trinajstić information content (AvgIpc) is 3.40. The van der Waals surface area contributed by atoms with Crippen LogP contribution in [0.25, 0.3) is 0 Å². The summed E-state index contributed by atoms with van der Waals surface area (Å²) in [6.45, 7) is 1.12. The molecule has 1 N–H and O–H groups in total. The maximum atomic E-state index is 12.3. The van der Waals surface area contributed by atoms with E-state index in [0.717, 1.165) is 23.7 Å². The molecule has 9 heteroatoms. The molecule has 0 saturated heterocycles. The van der Waals surface area contributed by atoms with Gasteiger partial charge in [0, 0.05) is 6.42 Å². The van der Waals surface area contributed by atoms with Crippen LogP contribution in [0.1, 0.15) is 57.7 Å². The number of ether oxygens (including phenoxy) is 3. The van der Waals surface area contributed by atoms with Crippen LogP contribution in [-0.2, 0) is 23.8 Å². The SMILES string of the molecule is COC(=O)c1sc(NC(=O)COC(=O)C[C@@H]2C[C@H]3CC[C@@H]2C3)c(C(=O)OC)c1C. The van der Waals surface area contributed by atoms with Gasteiger partial charge in [-0.15, -0.1) is 11.3 Å². The minimum atomic E-state index is -0.683. The predicted molar refractivity (Wildman–Crippen MR) is 105 cm³/mol. The summed E-state index contributed by atoms with van der Waals surface area (Å²) in [5.41, 5.74) is 0.442. The first kappa shape index (κ1) is 21.3. The number of anilines is 1. The Morgan fingerprint density at radius 2 is 1.79 bits per heavy atom. The summed E-state index contributed by atoms with van der Waals surface area (Å²) < 4.78 is 14.6. The van der Waals surface area contributed by atoms with Crippen molar-refractivity contribution in [3.63, 3.8) is 0 Å². The fraction of sp³-hybridized carbons (Fsp3) is 0.600. The van der Waals surface area contributed by atoms with E-state index in [9.17, 15) is 19.2 Å². The van der Waals surface area contributed by atoms with Crippen molar-refractivity contribution < 1.29 is 33.4 Å². The summed E-state index contributed by atoms with van der Waals surface area (Å²) >= 11 is 0.912. The largest absolute Gasteiger partial charge is 0.465 e. The summed E-state index contributed by atoms with van der Waals surface area (Å²) in [6, 6.07) is 0. The molecule has 2 fully saturated rings. The summed E-state index contributed by atoms with van der Waals surface area (Å²) in [5, 5.41) is 2.69. The lowest BCUT2D eigenvalue weighted by atomic mass is 9.86. The van der Waals surface area contributed by atoms with Gasteiger partial charge in [-0.3, -0.25) is 9.59 Å². The summed E-state index contributed by atoms with van der Waals surface area (Å²) in [6.07, 6.45) is 5.05. The fourth-order valence-electron chi connectivity index (χ4n) is 4.45. The molecule has 2 saturated carbocycles. The molecular weight excluding hydrogens is 398 g/mol. The highest BCUT2D eigenvalue weighted by molar-refractivity contribution is 7.18. The molecule has 0 aliphatic heterocycles. The highest BCUT2D eigenvalue weighted by Crippen LogP contribution is 2.49. The molecule has 0 spiro atoms. The molecule has 3 rings (SSSR count). The van der Waals surface area contributed by atoms with E-state index in [2.05, 4.69) is 5.32 Å². The van der Waals surface area contributed by atoms with E-state index in [1.54, 1.807) is 6.92 Å². The van der Waals surface area contributed by atoms with Crippen LogP contribution in [0.5, 0.6) is 0 Å². The average molecular weight is 423 g/mol. The lowest BCUT2D eigenvalue weighted by Gasteiger charge is -2.20.